The van der Waals surface area contributed by atoms with Crippen molar-refractivity contribution in [2.24, 2.45) is 0 Å². The zero-order valence-corrected chi connectivity index (χ0v) is 10.4. The van der Waals surface area contributed by atoms with E-state index in [4.69, 9.17) is 4.74 Å². The van der Waals surface area contributed by atoms with E-state index < -0.39 is 0 Å². The Morgan fingerprint density at radius 1 is 1.06 bits per heavy atom. The van der Waals surface area contributed by atoms with E-state index in [9.17, 15) is 9.59 Å². The van der Waals surface area contributed by atoms with Crippen LogP contribution in [0, 0.1) is 0 Å². The third-order valence-corrected chi connectivity index (χ3v) is 2.19. The van der Waals surface area contributed by atoms with Crippen molar-refractivity contribution in [2.75, 3.05) is 13.2 Å². The summed E-state index contributed by atoms with van der Waals surface area (Å²) in [6.45, 7) is 4.87. The van der Waals surface area contributed by atoms with Gasteiger partial charge in [-0.15, -0.1) is 0 Å². The normalized spacial score (nSPS) is 9.88. The molecular formula is C12H23NO3. The number of unbranched alkanes of at least 4 members (excludes halogenated alkanes) is 2. The summed E-state index contributed by atoms with van der Waals surface area (Å²) in [7, 11) is 0. The van der Waals surface area contributed by atoms with Crippen LogP contribution in [0.4, 0.5) is 0 Å². The maximum absolute atomic E-state index is 11.3. The van der Waals surface area contributed by atoms with E-state index >= 15 is 0 Å². The molecule has 0 aliphatic carbocycles. The van der Waals surface area contributed by atoms with Crippen molar-refractivity contribution in [3.05, 3.63) is 0 Å². The van der Waals surface area contributed by atoms with Gasteiger partial charge in [-0.05, 0) is 19.8 Å². The van der Waals surface area contributed by atoms with E-state index in [1.807, 2.05) is 0 Å². The van der Waals surface area contributed by atoms with Gasteiger partial charge >= 0.3 is 5.97 Å². The molecule has 16 heavy (non-hydrogen) atoms. The molecule has 0 aromatic heterocycles. The van der Waals surface area contributed by atoms with E-state index in [2.05, 4.69) is 12.2 Å². The Morgan fingerprint density at radius 3 is 2.44 bits per heavy atom. The molecule has 0 aliphatic rings. The molecule has 0 rings (SSSR count). The van der Waals surface area contributed by atoms with Crippen LogP contribution >= 0.6 is 0 Å². The van der Waals surface area contributed by atoms with E-state index in [-0.39, 0.29) is 11.9 Å². The highest BCUT2D eigenvalue weighted by molar-refractivity contribution is 5.75. The first-order valence-electron chi connectivity index (χ1n) is 6.13. The fourth-order valence-corrected chi connectivity index (χ4v) is 1.32. The van der Waals surface area contributed by atoms with Crippen molar-refractivity contribution in [1.29, 1.82) is 0 Å². The van der Waals surface area contributed by atoms with Crippen LogP contribution in [-0.2, 0) is 14.3 Å². The van der Waals surface area contributed by atoms with Gasteiger partial charge in [-0.25, -0.2) is 0 Å². The lowest BCUT2D eigenvalue weighted by Gasteiger charge is -2.04. The summed E-state index contributed by atoms with van der Waals surface area (Å²) >= 11 is 0. The molecular weight excluding hydrogens is 206 g/mol. The van der Waals surface area contributed by atoms with Crippen LogP contribution in [0.1, 0.15) is 52.4 Å². The number of hydrogen-bond acceptors (Lipinski definition) is 3. The molecule has 0 spiro atoms. The summed E-state index contributed by atoms with van der Waals surface area (Å²) in [6, 6.07) is 0. The third-order valence-electron chi connectivity index (χ3n) is 2.19. The number of amides is 1. The van der Waals surface area contributed by atoms with Gasteiger partial charge in [-0.2, -0.15) is 0 Å². The minimum Gasteiger partial charge on any atom is -0.466 e. The Hall–Kier alpha value is -1.06. The first kappa shape index (κ1) is 14.9. The van der Waals surface area contributed by atoms with E-state index in [1.54, 1.807) is 6.92 Å². The van der Waals surface area contributed by atoms with Gasteiger partial charge in [-0.1, -0.05) is 19.8 Å². The molecule has 0 saturated heterocycles. The van der Waals surface area contributed by atoms with E-state index in [1.165, 1.54) is 0 Å². The van der Waals surface area contributed by atoms with Gasteiger partial charge in [0.1, 0.15) is 0 Å². The van der Waals surface area contributed by atoms with Crippen LogP contribution in [0.25, 0.3) is 0 Å². The fourth-order valence-electron chi connectivity index (χ4n) is 1.32. The maximum Gasteiger partial charge on any atom is 0.305 e. The Morgan fingerprint density at radius 2 is 1.81 bits per heavy atom. The molecule has 1 N–H and O–H groups in total. The van der Waals surface area contributed by atoms with Crippen LogP contribution < -0.4 is 5.32 Å². The first-order chi connectivity index (χ1) is 7.70. The van der Waals surface area contributed by atoms with Gasteiger partial charge in [0, 0.05) is 19.4 Å². The van der Waals surface area contributed by atoms with Gasteiger partial charge in [0.2, 0.25) is 5.91 Å². The average molecular weight is 229 g/mol. The second-order valence-corrected chi connectivity index (χ2v) is 3.72. The molecule has 0 atom stereocenters. The highest BCUT2D eigenvalue weighted by atomic mass is 16.5. The minimum absolute atomic E-state index is 0.0808. The average Bonchev–Trinajstić information content (AvgIpc) is 2.25. The van der Waals surface area contributed by atoms with Gasteiger partial charge < -0.3 is 10.1 Å². The van der Waals surface area contributed by atoms with Crippen molar-refractivity contribution in [1.82, 2.24) is 5.32 Å². The van der Waals surface area contributed by atoms with E-state index in [0.29, 0.717) is 32.4 Å². The Kier molecular flexibility index (Phi) is 9.76. The predicted molar refractivity (Wildman–Crippen MR) is 63.0 cm³/mol. The largest absolute Gasteiger partial charge is 0.466 e. The number of ether oxygens (including phenoxy) is 1. The molecule has 0 aromatic rings. The van der Waals surface area contributed by atoms with Crippen LogP contribution in [0.2, 0.25) is 0 Å². The molecule has 94 valence electrons. The molecule has 0 radical (unpaired) electrons. The lowest BCUT2D eigenvalue weighted by Crippen LogP contribution is -2.24. The monoisotopic (exact) mass is 229 g/mol. The minimum atomic E-state index is -0.192. The van der Waals surface area contributed by atoms with Crippen LogP contribution in [0.3, 0.4) is 0 Å². The topological polar surface area (TPSA) is 55.4 Å². The lowest BCUT2D eigenvalue weighted by atomic mass is 10.2. The maximum atomic E-state index is 11.3. The van der Waals surface area contributed by atoms with Crippen LogP contribution in [0.15, 0.2) is 0 Å². The van der Waals surface area contributed by atoms with Crippen LogP contribution in [0.5, 0.6) is 0 Å². The van der Waals surface area contributed by atoms with Crippen LogP contribution in [-0.4, -0.2) is 25.0 Å². The van der Waals surface area contributed by atoms with E-state index in [0.717, 1.165) is 19.3 Å². The summed E-state index contributed by atoms with van der Waals surface area (Å²) in [4.78, 5) is 22.2. The Balaban J connectivity index is 3.30. The standard InChI is InChI=1S/C12H23NO3/c1-3-5-6-8-11(14)13-10-7-9-12(15)16-4-2/h3-10H2,1-2H3,(H,13,14). The van der Waals surface area contributed by atoms with Crippen molar-refractivity contribution in [3.8, 4) is 0 Å². The summed E-state index contributed by atoms with van der Waals surface area (Å²) in [5.74, 6) is -0.111. The molecule has 0 unspecified atom stereocenters. The lowest BCUT2D eigenvalue weighted by molar-refractivity contribution is -0.143. The van der Waals surface area contributed by atoms with Gasteiger partial charge in [0.15, 0.2) is 0 Å². The molecule has 4 nitrogen and oxygen atoms in total. The molecule has 4 heteroatoms. The number of nitrogens with one attached hydrogen (secondary N) is 1. The zero-order chi connectivity index (χ0) is 12.2. The second-order valence-electron chi connectivity index (χ2n) is 3.72. The highest BCUT2D eigenvalue weighted by Crippen LogP contribution is 1.98. The molecule has 0 aliphatic heterocycles. The van der Waals surface area contributed by atoms with Crippen molar-refractivity contribution in [3.63, 3.8) is 0 Å². The number of carbonyl (C=O) groups is 2. The quantitative estimate of drug-likeness (QED) is 0.486. The zero-order valence-electron chi connectivity index (χ0n) is 10.4. The van der Waals surface area contributed by atoms with Gasteiger partial charge in [0.25, 0.3) is 0 Å². The van der Waals surface area contributed by atoms with Crippen molar-refractivity contribution >= 4 is 11.9 Å². The summed E-state index contributed by atoms with van der Waals surface area (Å²) in [5, 5.41) is 2.79. The van der Waals surface area contributed by atoms with Gasteiger partial charge in [-0.3, -0.25) is 9.59 Å². The van der Waals surface area contributed by atoms with Crippen molar-refractivity contribution < 1.29 is 14.3 Å². The summed E-state index contributed by atoms with van der Waals surface area (Å²) in [6.07, 6.45) is 4.78. The van der Waals surface area contributed by atoms with Crippen molar-refractivity contribution in [2.45, 2.75) is 52.4 Å². The highest BCUT2D eigenvalue weighted by Gasteiger charge is 2.03. The molecule has 0 fully saturated rings. The summed E-state index contributed by atoms with van der Waals surface area (Å²) in [5.41, 5.74) is 0. The predicted octanol–water partition coefficient (Wildman–Crippen LogP) is 2.03. The second kappa shape index (κ2) is 10.5. The fraction of sp³-hybridized carbons (Fsp3) is 0.833. The number of hydrogen-bond donors (Lipinski definition) is 1. The SMILES string of the molecule is CCCCCC(=O)NCCCC(=O)OCC. The molecule has 0 heterocycles. The Bertz CT molecular complexity index is 204. The Labute approximate surface area is 97.7 Å². The third kappa shape index (κ3) is 9.49. The molecule has 1 amide bonds. The molecule has 0 saturated carbocycles. The number of esters is 1. The first-order valence-corrected chi connectivity index (χ1v) is 6.13. The molecule has 0 aromatic carbocycles. The smallest absolute Gasteiger partial charge is 0.305 e. The van der Waals surface area contributed by atoms with Gasteiger partial charge in [0.05, 0.1) is 6.61 Å². The number of carbonyl (C=O) groups excluding carboxylic acids is 2. The number of rotatable bonds is 9. The molecule has 0 bridgehead atoms. The summed E-state index contributed by atoms with van der Waals surface area (Å²) < 4.78 is 4.78.